The number of anilines is 2. The number of nitro groups is 1. The Kier molecular flexibility index (Phi) is 5.04. The molecule has 0 unspecified atom stereocenters. The Morgan fingerprint density at radius 1 is 1.60 bits per heavy atom. The summed E-state index contributed by atoms with van der Waals surface area (Å²) in [6, 6.07) is 6.21. The molecule has 3 N–H and O–H groups in total. The van der Waals surface area contributed by atoms with Gasteiger partial charge in [0.05, 0.1) is 29.0 Å². The molecule has 0 fully saturated rings. The van der Waals surface area contributed by atoms with Crippen LogP contribution >= 0.6 is 0 Å². The number of nitrogens with zero attached hydrogens (tertiary/aromatic N) is 3. The molecule has 1 aromatic heterocycles. The van der Waals surface area contributed by atoms with Gasteiger partial charge in [-0.2, -0.15) is 5.26 Å². The molecule has 9 nitrogen and oxygen atoms in total. The number of carbonyl (C=O) groups is 1. The monoisotopic (exact) mass is 341 g/mol. The predicted molar refractivity (Wildman–Crippen MR) is 91.6 cm³/mol. The fourth-order valence-corrected chi connectivity index (χ4v) is 2.27. The normalized spacial score (nSPS) is 9.92. The van der Waals surface area contributed by atoms with Gasteiger partial charge in [0.2, 0.25) is 0 Å². The van der Waals surface area contributed by atoms with E-state index in [-0.39, 0.29) is 22.6 Å². The summed E-state index contributed by atoms with van der Waals surface area (Å²) in [5.74, 6) is -0.754. The maximum Gasteiger partial charge on any atom is 0.357 e. The van der Waals surface area contributed by atoms with Crippen LogP contribution in [-0.2, 0) is 4.74 Å². The molecule has 0 aliphatic carbocycles. The highest BCUT2D eigenvalue weighted by atomic mass is 16.6. The number of esters is 1. The smallest absolute Gasteiger partial charge is 0.357 e. The van der Waals surface area contributed by atoms with Crippen molar-refractivity contribution in [2.45, 2.75) is 0 Å². The standard InChI is InChI=1S/C16H15N5O4/c1-3-6-19-12-5-4-11(7-13(12)21(23)24)20-9-10(8-17)14(18)15(20)16(22)25-2/h3-5,7,9,19H,1,6,18H2,2H3. The molecule has 0 bridgehead atoms. The van der Waals surface area contributed by atoms with Crippen molar-refractivity contribution in [3.05, 3.63) is 58.4 Å². The van der Waals surface area contributed by atoms with Crippen molar-refractivity contribution in [3.63, 3.8) is 0 Å². The number of ether oxygens (including phenoxy) is 1. The molecule has 0 saturated heterocycles. The molecular weight excluding hydrogens is 326 g/mol. The van der Waals surface area contributed by atoms with Crippen LogP contribution in [-0.4, -0.2) is 29.1 Å². The molecular formula is C16H15N5O4. The van der Waals surface area contributed by atoms with Crippen molar-refractivity contribution in [2.24, 2.45) is 0 Å². The lowest BCUT2D eigenvalue weighted by atomic mass is 10.2. The van der Waals surface area contributed by atoms with E-state index in [2.05, 4.69) is 16.6 Å². The Hall–Kier alpha value is -3.80. The molecule has 2 rings (SSSR count). The molecule has 25 heavy (non-hydrogen) atoms. The molecule has 9 heteroatoms. The van der Waals surface area contributed by atoms with Crippen LogP contribution in [0.1, 0.15) is 16.1 Å². The number of hydrogen-bond acceptors (Lipinski definition) is 7. The fraction of sp³-hybridized carbons (Fsp3) is 0.125. The maximum atomic E-state index is 12.0. The first kappa shape index (κ1) is 17.6. The third-order valence-corrected chi connectivity index (χ3v) is 3.44. The van der Waals surface area contributed by atoms with Crippen LogP contribution in [0.15, 0.2) is 37.1 Å². The number of benzene rings is 1. The highest BCUT2D eigenvalue weighted by Crippen LogP contribution is 2.30. The molecule has 0 aliphatic heterocycles. The van der Waals surface area contributed by atoms with E-state index in [0.717, 1.165) is 0 Å². The van der Waals surface area contributed by atoms with Gasteiger partial charge in [-0.3, -0.25) is 10.1 Å². The van der Waals surface area contributed by atoms with E-state index in [1.54, 1.807) is 12.1 Å². The molecule has 2 aromatic rings. The van der Waals surface area contributed by atoms with E-state index in [0.29, 0.717) is 17.9 Å². The second-order valence-corrected chi connectivity index (χ2v) is 4.91. The van der Waals surface area contributed by atoms with Crippen LogP contribution < -0.4 is 11.1 Å². The summed E-state index contributed by atoms with van der Waals surface area (Å²) in [4.78, 5) is 22.8. The van der Waals surface area contributed by atoms with Crippen LogP contribution in [0.5, 0.6) is 0 Å². The van der Waals surface area contributed by atoms with Crippen molar-refractivity contribution >= 4 is 23.0 Å². The lowest BCUT2D eigenvalue weighted by Crippen LogP contribution is -2.11. The largest absolute Gasteiger partial charge is 0.464 e. The third kappa shape index (κ3) is 3.28. The van der Waals surface area contributed by atoms with Gasteiger partial charge in [-0.1, -0.05) is 6.08 Å². The third-order valence-electron chi connectivity index (χ3n) is 3.44. The molecule has 128 valence electrons. The second-order valence-electron chi connectivity index (χ2n) is 4.91. The highest BCUT2D eigenvalue weighted by Gasteiger charge is 2.23. The fourth-order valence-electron chi connectivity index (χ4n) is 2.27. The number of carbonyl (C=O) groups excluding carboxylic acids is 1. The van der Waals surface area contributed by atoms with Gasteiger partial charge in [0, 0.05) is 18.8 Å². The summed E-state index contributed by atoms with van der Waals surface area (Å²) in [6.45, 7) is 3.90. The summed E-state index contributed by atoms with van der Waals surface area (Å²) in [5, 5.41) is 23.3. The van der Waals surface area contributed by atoms with Gasteiger partial charge < -0.3 is 20.4 Å². The quantitative estimate of drug-likeness (QED) is 0.356. The Balaban J connectivity index is 2.65. The van der Waals surface area contributed by atoms with Crippen LogP contribution in [0.3, 0.4) is 0 Å². The van der Waals surface area contributed by atoms with Crippen LogP contribution in [0.25, 0.3) is 5.69 Å². The van der Waals surface area contributed by atoms with E-state index in [9.17, 15) is 14.9 Å². The number of nitrogens with two attached hydrogens (primary N) is 1. The van der Waals surface area contributed by atoms with Gasteiger partial charge in [0.25, 0.3) is 5.69 Å². The summed E-state index contributed by atoms with van der Waals surface area (Å²) >= 11 is 0. The average Bonchev–Trinajstić information content (AvgIpc) is 2.95. The first-order chi connectivity index (χ1) is 11.9. The second kappa shape index (κ2) is 7.18. The molecule has 0 atom stereocenters. The van der Waals surface area contributed by atoms with Crippen molar-refractivity contribution in [1.82, 2.24) is 4.57 Å². The van der Waals surface area contributed by atoms with Crippen LogP contribution in [0, 0.1) is 21.4 Å². The maximum absolute atomic E-state index is 12.0. The minimum absolute atomic E-state index is 0.0501. The number of nitrogens with one attached hydrogen (secondary N) is 1. The SMILES string of the molecule is C=CCNc1ccc(-n2cc(C#N)c(N)c2C(=O)OC)cc1[N+](=O)[O-]. The number of methoxy groups -OCH3 is 1. The van der Waals surface area contributed by atoms with Gasteiger partial charge in [0.15, 0.2) is 5.69 Å². The zero-order valence-corrected chi connectivity index (χ0v) is 13.4. The van der Waals surface area contributed by atoms with Gasteiger partial charge >= 0.3 is 5.97 Å². The Morgan fingerprint density at radius 3 is 2.88 bits per heavy atom. The number of aromatic nitrogens is 1. The van der Waals surface area contributed by atoms with Crippen molar-refractivity contribution in [1.29, 1.82) is 5.26 Å². The predicted octanol–water partition coefficient (Wildman–Crippen LogP) is 2.22. The van der Waals surface area contributed by atoms with E-state index in [1.165, 1.54) is 30.0 Å². The lowest BCUT2D eigenvalue weighted by Gasteiger charge is -2.10. The molecule has 0 saturated carbocycles. The van der Waals surface area contributed by atoms with Gasteiger partial charge in [-0.05, 0) is 12.1 Å². The van der Waals surface area contributed by atoms with Crippen molar-refractivity contribution in [2.75, 3.05) is 24.7 Å². The first-order valence-corrected chi connectivity index (χ1v) is 7.07. The average molecular weight is 341 g/mol. The highest BCUT2D eigenvalue weighted by molar-refractivity contribution is 5.96. The van der Waals surface area contributed by atoms with Gasteiger partial charge in [-0.25, -0.2) is 4.79 Å². The number of rotatable bonds is 6. The van der Waals surface area contributed by atoms with E-state index < -0.39 is 10.9 Å². The Morgan fingerprint density at radius 2 is 2.32 bits per heavy atom. The molecule has 1 aromatic carbocycles. The summed E-state index contributed by atoms with van der Waals surface area (Å²) in [7, 11) is 1.18. The van der Waals surface area contributed by atoms with Crippen LogP contribution in [0.2, 0.25) is 0 Å². The molecule has 0 amide bonds. The summed E-state index contributed by atoms with van der Waals surface area (Å²) in [5.41, 5.74) is 6.17. The minimum atomic E-state index is -0.754. The summed E-state index contributed by atoms with van der Waals surface area (Å²) < 4.78 is 5.98. The topological polar surface area (TPSA) is 136 Å². The Labute approximate surface area is 143 Å². The molecule has 0 radical (unpaired) electrons. The van der Waals surface area contributed by atoms with E-state index in [1.807, 2.05) is 6.07 Å². The van der Waals surface area contributed by atoms with Crippen molar-refractivity contribution in [3.8, 4) is 11.8 Å². The first-order valence-electron chi connectivity index (χ1n) is 7.07. The van der Waals surface area contributed by atoms with E-state index >= 15 is 0 Å². The zero-order valence-electron chi connectivity index (χ0n) is 13.4. The van der Waals surface area contributed by atoms with E-state index in [4.69, 9.17) is 11.0 Å². The molecule has 0 spiro atoms. The van der Waals surface area contributed by atoms with Gasteiger partial charge in [0.1, 0.15) is 11.8 Å². The van der Waals surface area contributed by atoms with Gasteiger partial charge in [-0.15, -0.1) is 6.58 Å². The van der Waals surface area contributed by atoms with Crippen molar-refractivity contribution < 1.29 is 14.5 Å². The molecule has 1 heterocycles. The zero-order chi connectivity index (χ0) is 18.6. The number of nitro benzene ring substituents is 1. The Bertz CT molecular complexity index is 895. The number of hydrogen-bond donors (Lipinski definition) is 2. The summed E-state index contributed by atoms with van der Waals surface area (Å²) in [6.07, 6.45) is 2.90. The molecule has 0 aliphatic rings. The lowest BCUT2D eigenvalue weighted by molar-refractivity contribution is -0.383. The number of nitriles is 1. The minimum Gasteiger partial charge on any atom is -0.464 e. The van der Waals surface area contributed by atoms with Crippen LogP contribution in [0.4, 0.5) is 17.1 Å². The number of nitrogen functional groups attached to an aromatic ring is 1.